The molecule has 10 heteroatoms. The highest BCUT2D eigenvalue weighted by Crippen LogP contribution is 2.30. The number of alkyl halides is 4. The van der Waals surface area contributed by atoms with Gasteiger partial charge >= 0.3 is 12.3 Å². The van der Waals surface area contributed by atoms with E-state index in [4.69, 9.17) is 17.3 Å². The molecule has 0 atom stereocenters. The van der Waals surface area contributed by atoms with Crippen LogP contribution >= 0.6 is 11.6 Å². The molecule has 1 aromatic heterocycles. The minimum absolute atomic E-state index is 0.163. The van der Waals surface area contributed by atoms with E-state index in [9.17, 15) is 17.6 Å². The van der Waals surface area contributed by atoms with Crippen molar-refractivity contribution < 1.29 is 17.6 Å². The van der Waals surface area contributed by atoms with Gasteiger partial charge in [0.15, 0.2) is 5.82 Å². The molecule has 1 aromatic carbocycles. The predicted octanol–water partition coefficient (Wildman–Crippen LogP) is 2.48. The Labute approximate surface area is 115 Å². The first-order valence-corrected chi connectivity index (χ1v) is 5.66. The average molecular weight is 310 g/mol. The van der Waals surface area contributed by atoms with E-state index in [-0.39, 0.29) is 16.4 Å². The summed E-state index contributed by atoms with van der Waals surface area (Å²) in [5.41, 5.74) is 6.04. The number of nitrogen functional groups attached to an aromatic ring is 1. The fraction of sp³-hybridized carbons (Fsp3) is 0.300. The number of rotatable bonds is 4. The number of hydrogen-bond donors (Lipinski definition) is 1. The first kappa shape index (κ1) is 14.5. The zero-order chi connectivity index (χ0) is 14.9. The summed E-state index contributed by atoms with van der Waals surface area (Å²) in [4.78, 5) is 0. The molecule has 2 rings (SSSR count). The van der Waals surface area contributed by atoms with Crippen LogP contribution in [0, 0.1) is 0 Å². The Morgan fingerprint density at radius 2 is 2.05 bits per heavy atom. The van der Waals surface area contributed by atoms with E-state index >= 15 is 0 Å². The number of hydrogen-bond acceptors (Lipinski definition) is 4. The molecular formula is C10H8ClF4N5. The lowest BCUT2D eigenvalue weighted by molar-refractivity contribution is -0.139. The van der Waals surface area contributed by atoms with E-state index in [0.717, 1.165) is 0 Å². The number of aromatic nitrogens is 4. The number of nitrogens with two attached hydrogens (primary N) is 1. The minimum Gasteiger partial charge on any atom is -0.399 e. The number of halogens is 5. The molecule has 108 valence electrons. The van der Waals surface area contributed by atoms with Crippen LogP contribution in [0.1, 0.15) is 0 Å². The Morgan fingerprint density at radius 1 is 1.35 bits per heavy atom. The lowest BCUT2D eigenvalue weighted by atomic mass is 10.2. The van der Waals surface area contributed by atoms with Gasteiger partial charge in [0.05, 0.1) is 5.02 Å². The maximum atomic E-state index is 13.1. The molecule has 2 aromatic rings. The van der Waals surface area contributed by atoms with E-state index in [1.54, 1.807) is 0 Å². The smallest absolute Gasteiger partial charge is 0.326 e. The second kappa shape index (κ2) is 5.23. The van der Waals surface area contributed by atoms with Crippen LogP contribution in [0.4, 0.5) is 23.2 Å². The van der Waals surface area contributed by atoms with E-state index in [1.807, 2.05) is 0 Å². The van der Waals surface area contributed by atoms with Crippen molar-refractivity contribution in [3.8, 4) is 11.4 Å². The fourth-order valence-corrected chi connectivity index (χ4v) is 1.69. The van der Waals surface area contributed by atoms with Crippen molar-refractivity contribution in [3.63, 3.8) is 0 Å². The third-order valence-electron chi connectivity index (χ3n) is 2.44. The van der Waals surface area contributed by atoms with Gasteiger partial charge in [-0.25, -0.2) is 13.5 Å². The molecule has 0 bridgehead atoms. The van der Waals surface area contributed by atoms with E-state index in [1.165, 1.54) is 18.2 Å². The summed E-state index contributed by atoms with van der Waals surface area (Å²) in [6, 6.07) is 4.29. The first-order chi connectivity index (χ1) is 9.31. The molecular weight excluding hydrogens is 302 g/mol. The summed E-state index contributed by atoms with van der Waals surface area (Å²) in [5, 5.41) is 10.1. The normalized spacial score (nSPS) is 12.1. The molecule has 2 N–H and O–H groups in total. The summed E-state index contributed by atoms with van der Waals surface area (Å²) in [5.74, 6) is -4.42. The van der Waals surface area contributed by atoms with Gasteiger partial charge in [-0.2, -0.15) is 8.78 Å². The van der Waals surface area contributed by atoms with Crippen LogP contribution in [-0.4, -0.2) is 32.6 Å². The molecule has 0 aliphatic carbocycles. The zero-order valence-electron chi connectivity index (χ0n) is 9.77. The van der Waals surface area contributed by atoms with Gasteiger partial charge in [0, 0.05) is 11.3 Å². The van der Waals surface area contributed by atoms with Gasteiger partial charge in [-0.05, 0) is 28.6 Å². The fourth-order valence-electron chi connectivity index (χ4n) is 1.49. The monoisotopic (exact) mass is 309 g/mol. The Morgan fingerprint density at radius 3 is 2.70 bits per heavy atom. The van der Waals surface area contributed by atoms with E-state index in [0.29, 0.717) is 10.4 Å². The van der Waals surface area contributed by atoms with Crippen LogP contribution in [0.15, 0.2) is 18.2 Å². The summed E-state index contributed by atoms with van der Waals surface area (Å²) in [6.07, 6.45) is -3.82. The quantitative estimate of drug-likeness (QED) is 0.696. The molecule has 20 heavy (non-hydrogen) atoms. The van der Waals surface area contributed by atoms with Gasteiger partial charge in [0.25, 0.3) is 0 Å². The topological polar surface area (TPSA) is 69.6 Å². The van der Waals surface area contributed by atoms with E-state index < -0.39 is 18.9 Å². The van der Waals surface area contributed by atoms with Gasteiger partial charge in [0.1, 0.15) is 6.54 Å². The van der Waals surface area contributed by atoms with Crippen molar-refractivity contribution >= 4 is 17.3 Å². The Kier molecular flexibility index (Phi) is 3.80. The van der Waals surface area contributed by atoms with Crippen LogP contribution in [0.3, 0.4) is 0 Å². The first-order valence-electron chi connectivity index (χ1n) is 5.29. The van der Waals surface area contributed by atoms with Crippen molar-refractivity contribution in [3.05, 3.63) is 23.2 Å². The SMILES string of the molecule is Nc1ccc(Cl)c(-c2nnnn2CC(F)(F)C(F)F)c1. The Hall–Kier alpha value is -1.90. The molecule has 0 unspecified atom stereocenters. The van der Waals surface area contributed by atoms with Crippen LogP contribution in [0.5, 0.6) is 0 Å². The summed E-state index contributed by atoms with van der Waals surface area (Å²) in [7, 11) is 0. The molecule has 0 saturated carbocycles. The van der Waals surface area contributed by atoms with Gasteiger partial charge in [-0.1, -0.05) is 11.6 Å². The molecule has 1 heterocycles. The molecule has 0 aliphatic heterocycles. The van der Waals surface area contributed by atoms with Crippen molar-refractivity contribution in [2.75, 3.05) is 5.73 Å². The lowest BCUT2D eigenvalue weighted by Crippen LogP contribution is -2.32. The highest BCUT2D eigenvalue weighted by atomic mass is 35.5. The molecule has 5 nitrogen and oxygen atoms in total. The predicted molar refractivity (Wildman–Crippen MR) is 63.6 cm³/mol. The van der Waals surface area contributed by atoms with Gasteiger partial charge in [-0.15, -0.1) is 5.10 Å². The second-order valence-corrected chi connectivity index (χ2v) is 4.37. The third kappa shape index (κ3) is 2.82. The molecule has 0 saturated heterocycles. The summed E-state index contributed by atoms with van der Waals surface area (Å²) in [6.45, 7) is -1.36. The Balaban J connectivity index is 2.41. The number of nitrogens with zero attached hydrogens (tertiary/aromatic N) is 4. The molecule has 0 spiro atoms. The Bertz CT molecular complexity index is 615. The molecule has 0 amide bonds. The molecule has 0 radical (unpaired) electrons. The number of tetrazole rings is 1. The van der Waals surface area contributed by atoms with Crippen molar-refractivity contribution in [2.24, 2.45) is 0 Å². The van der Waals surface area contributed by atoms with Crippen LogP contribution in [0.2, 0.25) is 5.02 Å². The molecule has 0 aliphatic rings. The number of benzene rings is 1. The maximum absolute atomic E-state index is 13.1. The average Bonchev–Trinajstić information content (AvgIpc) is 2.79. The third-order valence-corrected chi connectivity index (χ3v) is 2.77. The highest BCUT2D eigenvalue weighted by Gasteiger charge is 2.42. The summed E-state index contributed by atoms with van der Waals surface area (Å²) < 4.78 is 51.1. The van der Waals surface area contributed by atoms with Crippen LogP contribution in [0.25, 0.3) is 11.4 Å². The lowest BCUT2D eigenvalue weighted by Gasteiger charge is -2.15. The van der Waals surface area contributed by atoms with Crippen molar-refractivity contribution in [1.82, 2.24) is 20.2 Å². The zero-order valence-corrected chi connectivity index (χ0v) is 10.5. The van der Waals surface area contributed by atoms with Gasteiger partial charge in [0.2, 0.25) is 0 Å². The minimum atomic E-state index is -4.25. The maximum Gasteiger partial charge on any atom is 0.326 e. The second-order valence-electron chi connectivity index (χ2n) is 3.96. The van der Waals surface area contributed by atoms with Gasteiger partial charge < -0.3 is 5.73 Å². The highest BCUT2D eigenvalue weighted by molar-refractivity contribution is 6.33. The van der Waals surface area contributed by atoms with Crippen molar-refractivity contribution in [1.29, 1.82) is 0 Å². The van der Waals surface area contributed by atoms with Crippen molar-refractivity contribution in [2.45, 2.75) is 18.9 Å². The molecule has 0 fully saturated rings. The van der Waals surface area contributed by atoms with E-state index in [2.05, 4.69) is 15.5 Å². The standard InChI is InChI=1S/C10H8ClF4N5/c11-7-2-1-5(16)3-6(7)8-17-18-19-20(8)4-10(14,15)9(12)13/h1-3,9H,4,16H2. The number of anilines is 1. The van der Waals surface area contributed by atoms with Gasteiger partial charge in [-0.3, -0.25) is 0 Å². The largest absolute Gasteiger partial charge is 0.399 e. The summed E-state index contributed by atoms with van der Waals surface area (Å²) >= 11 is 5.89. The van der Waals surface area contributed by atoms with Crippen LogP contribution in [-0.2, 0) is 6.54 Å². The van der Waals surface area contributed by atoms with Crippen LogP contribution < -0.4 is 5.73 Å².